The lowest BCUT2D eigenvalue weighted by Gasteiger charge is -2.25. The molecule has 0 amide bonds. The average molecular weight is 471 g/mol. The zero-order chi connectivity index (χ0) is 24.8. The molecule has 2 aliphatic heterocycles. The third-order valence-corrected chi connectivity index (χ3v) is 5.22. The summed E-state index contributed by atoms with van der Waals surface area (Å²) in [5, 5.41) is 40.2. The van der Waals surface area contributed by atoms with E-state index in [1.54, 1.807) is 0 Å². The first-order chi connectivity index (χ1) is 16.4. The van der Waals surface area contributed by atoms with E-state index in [9.17, 15) is 9.59 Å². The van der Waals surface area contributed by atoms with Crippen molar-refractivity contribution in [3.63, 3.8) is 0 Å². The number of aliphatic carboxylic acids is 2. The van der Waals surface area contributed by atoms with Crippen LogP contribution >= 0.6 is 0 Å². The van der Waals surface area contributed by atoms with Crippen molar-refractivity contribution >= 4 is 11.9 Å². The highest BCUT2D eigenvalue weighted by Gasteiger charge is 2.20. The van der Waals surface area contributed by atoms with E-state index in [0.29, 0.717) is 24.5 Å². The third kappa shape index (κ3) is 9.36. The molecule has 0 saturated carbocycles. The third-order valence-electron chi connectivity index (χ3n) is 5.22. The van der Waals surface area contributed by atoms with Crippen molar-refractivity contribution in [1.29, 1.82) is 10.5 Å². The maximum absolute atomic E-state index is 9.55. The van der Waals surface area contributed by atoms with Crippen LogP contribution in [0.5, 0.6) is 0 Å². The molecular weight excluding hydrogens is 440 g/mol. The largest absolute Gasteiger partial charge is 0.478 e. The van der Waals surface area contributed by atoms with Crippen LogP contribution < -0.4 is 10.6 Å². The second-order valence-corrected chi connectivity index (χ2v) is 7.75. The van der Waals surface area contributed by atoms with Gasteiger partial charge in [0.15, 0.2) is 5.57 Å². The van der Waals surface area contributed by atoms with Crippen LogP contribution in [-0.4, -0.2) is 71.2 Å². The van der Waals surface area contributed by atoms with E-state index in [-0.39, 0.29) is 5.57 Å². The Kier molecular flexibility index (Phi) is 11.2. The molecule has 1 aromatic heterocycles. The van der Waals surface area contributed by atoms with Crippen LogP contribution in [0.2, 0.25) is 0 Å². The molecule has 0 aromatic carbocycles. The topological polar surface area (TPSA) is 166 Å². The highest BCUT2D eigenvalue weighted by Crippen LogP contribution is 2.15. The number of carboxylic acid groups (broad SMARTS) is 2. The maximum Gasteiger partial charge on any atom is 0.328 e. The number of furan rings is 1. The van der Waals surface area contributed by atoms with Gasteiger partial charge in [-0.1, -0.05) is 6.42 Å². The summed E-state index contributed by atoms with van der Waals surface area (Å²) >= 11 is 0. The van der Waals surface area contributed by atoms with Gasteiger partial charge in [-0.15, -0.1) is 0 Å². The van der Waals surface area contributed by atoms with Crippen molar-refractivity contribution < 1.29 is 24.2 Å². The Morgan fingerprint density at radius 1 is 1.06 bits per heavy atom. The first kappa shape index (κ1) is 26.5. The molecule has 182 valence electrons. The minimum Gasteiger partial charge on any atom is -0.478 e. The van der Waals surface area contributed by atoms with Gasteiger partial charge in [-0.2, -0.15) is 10.5 Å². The fourth-order valence-corrected chi connectivity index (χ4v) is 3.64. The zero-order valence-electron chi connectivity index (χ0n) is 19.0. The van der Waals surface area contributed by atoms with Crippen molar-refractivity contribution in [2.24, 2.45) is 0 Å². The molecule has 4 N–H and O–H groups in total. The maximum atomic E-state index is 9.55. The second-order valence-electron chi connectivity index (χ2n) is 7.75. The fraction of sp³-hybridized carbons (Fsp3) is 0.478. The van der Waals surface area contributed by atoms with Crippen molar-refractivity contribution in [3.05, 3.63) is 47.2 Å². The quantitative estimate of drug-likeness (QED) is 0.233. The number of piperidine rings is 1. The molecule has 11 heteroatoms. The van der Waals surface area contributed by atoms with Gasteiger partial charge in [-0.05, 0) is 38.1 Å². The molecule has 0 aliphatic carbocycles. The van der Waals surface area contributed by atoms with Gasteiger partial charge in [0.05, 0.1) is 13.1 Å². The van der Waals surface area contributed by atoms with Gasteiger partial charge in [0.1, 0.15) is 29.5 Å². The number of allylic oxidation sites excluding steroid dienone is 1. The van der Waals surface area contributed by atoms with E-state index < -0.39 is 11.9 Å². The Hall–Kier alpha value is -3.80. The number of hydrogen-bond acceptors (Lipinski definition) is 9. The van der Waals surface area contributed by atoms with Crippen molar-refractivity contribution in [3.8, 4) is 12.1 Å². The molecule has 11 nitrogen and oxygen atoms in total. The fourth-order valence-electron chi connectivity index (χ4n) is 3.64. The number of carbonyl (C=O) groups is 2. The van der Waals surface area contributed by atoms with Gasteiger partial charge in [0.2, 0.25) is 0 Å². The normalized spacial score (nSPS) is 15.7. The molecule has 0 atom stereocenters. The van der Waals surface area contributed by atoms with E-state index in [0.717, 1.165) is 44.2 Å². The minimum atomic E-state index is -1.26. The van der Waals surface area contributed by atoms with Crippen LogP contribution in [-0.2, 0) is 22.7 Å². The predicted molar refractivity (Wildman–Crippen MR) is 122 cm³/mol. The lowest BCUT2D eigenvalue weighted by molar-refractivity contribution is -0.134. The van der Waals surface area contributed by atoms with Crippen LogP contribution in [0.25, 0.3) is 0 Å². The van der Waals surface area contributed by atoms with Gasteiger partial charge in [0, 0.05) is 38.3 Å². The van der Waals surface area contributed by atoms with E-state index >= 15 is 0 Å². The Bertz CT molecular complexity index is 933. The Morgan fingerprint density at radius 3 is 2.32 bits per heavy atom. The van der Waals surface area contributed by atoms with Crippen molar-refractivity contribution in [2.75, 3.05) is 39.3 Å². The number of hydrogen-bond donors (Lipinski definition) is 4. The Morgan fingerprint density at radius 2 is 1.71 bits per heavy atom. The summed E-state index contributed by atoms with van der Waals surface area (Å²) in [5.41, 5.74) is 0.149. The minimum absolute atomic E-state index is 0.149. The molecule has 0 bridgehead atoms. The Labute approximate surface area is 198 Å². The standard InChI is InChI=1S/C19H26N6O.C4H4O4/c20-12-16(13-21)19-23-7-11-25(19)10-6-22-14-17-4-5-18(26-17)15-24-8-2-1-3-9-24;5-3(6)1-2-4(7)8/h4-5,22-23H,1-3,6-11,14-15H2;1-2H,(H,5,6)(H,7,8)/b;2-1+. The van der Waals surface area contributed by atoms with Gasteiger partial charge in [-0.25, -0.2) is 9.59 Å². The van der Waals surface area contributed by atoms with Gasteiger partial charge in [0.25, 0.3) is 0 Å². The summed E-state index contributed by atoms with van der Waals surface area (Å²) in [6, 6.07) is 8.01. The number of nitrogens with zero attached hydrogens (tertiary/aromatic N) is 4. The first-order valence-corrected chi connectivity index (χ1v) is 11.1. The number of carboxylic acids is 2. The monoisotopic (exact) mass is 470 g/mol. The molecule has 0 spiro atoms. The second kappa shape index (κ2) is 14.4. The van der Waals surface area contributed by atoms with Gasteiger partial charge < -0.3 is 30.2 Å². The zero-order valence-corrected chi connectivity index (χ0v) is 19.0. The SMILES string of the molecule is N#CC(C#N)=C1NCCN1CCNCc1ccc(CN2CCCCC2)o1.O=C(O)/C=C/C(=O)O. The summed E-state index contributed by atoms with van der Waals surface area (Å²) in [7, 11) is 0. The van der Waals surface area contributed by atoms with Crippen LogP contribution in [0.1, 0.15) is 30.8 Å². The van der Waals surface area contributed by atoms with E-state index in [4.69, 9.17) is 25.2 Å². The highest BCUT2D eigenvalue weighted by molar-refractivity contribution is 5.89. The number of likely N-dealkylation sites (tertiary alicyclic amines) is 1. The van der Waals surface area contributed by atoms with Gasteiger partial charge in [-0.3, -0.25) is 4.90 Å². The predicted octanol–water partition coefficient (Wildman–Crippen LogP) is 1.23. The summed E-state index contributed by atoms with van der Waals surface area (Å²) in [6.07, 6.45) is 5.04. The molecule has 1 aromatic rings. The molecule has 2 saturated heterocycles. The molecule has 2 aliphatic rings. The van der Waals surface area contributed by atoms with E-state index in [1.807, 2.05) is 23.1 Å². The smallest absolute Gasteiger partial charge is 0.328 e. The average Bonchev–Trinajstić information content (AvgIpc) is 3.47. The van der Waals surface area contributed by atoms with Gasteiger partial charge >= 0.3 is 11.9 Å². The first-order valence-electron chi connectivity index (χ1n) is 11.1. The summed E-state index contributed by atoms with van der Waals surface area (Å²) in [4.78, 5) is 23.6. The van der Waals surface area contributed by atoms with Crippen molar-refractivity contribution in [1.82, 2.24) is 20.4 Å². The number of nitriles is 2. The van der Waals surface area contributed by atoms with Crippen LogP contribution in [0.15, 0.2) is 40.1 Å². The summed E-state index contributed by atoms with van der Waals surface area (Å²) in [6.45, 7) is 7.00. The van der Waals surface area contributed by atoms with Crippen LogP contribution in [0, 0.1) is 22.7 Å². The molecular formula is C23H30N6O5. The molecule has 3 rings (SSSR count). The number of nitrogens with one attached hydrogen (secondary N) is 2. The van der Waals surface area contributed by atoms with Crippen molar-refractivity contribution in [2.45, 2.75) is 32.4 Å². The molecule has 3 heterocycles. The van der Waals surface area contributed by atoms with Crippen LogP contribution in [0.3, 0.4) is 0 Å². The lowest BCUT2D eigenvalue weighted by atomic mass is 10.1. The molecule has 0 radical (unpaired) electrons. The van der Waals surface area contributed by atoms with E-state index in [2.05, 4.69) is 21.6 Å². The van der Waals surface area contributed by atoms with Crippen LogP contribution in [0.4, 0.5) is 0 Å². The summed E-state index contributed by atoms with van der Waals surface area (Å²) < 4.78 is 5.93. The Balaban J connectivity index is 0.000000440. The number of rotatable bonds is 9. The molecule has 0 unspecified atom stereocenters. The van der Waals surface area contributed by atoms with E-state index in [1.165, 1.54) is 32.4 Å². The lowest BCUT2D eigenvalue weighted by Crippen LogP contribution is -2.30. The highest BCUT2D eigenvalue weighted by atomic mass is 16.4. The molecule has 2 fully saturated rings. The summed E-state index contributed by atoms with van der Waals surface area (Å²) in [5.74, 6) is 0.117. The molecule has 34 heavy (non-hydrogen) atoms.